The molecule has 0 radical (unpaired) electrons. The number of urea groups is 1. The number of thiazole rings is 1. The summed E-state index contributed by atoms with van der Waals surface area (Å²) in [6.45, 7) is 6.46. The molecule has 25 heavy (non-hydrogen) atoms. The summed E-state index contributed by atoms with van der Waals surface area (Å²) in [6.07, 6.45) is 5.42. The summed E-state index contributed by atoms with van der Waals surface area (Å²) in [5.41, 5.74) is 0. The molecule has 0 bridgehead atoms. The molecule has 0 spiro atoms. The van der Waals surface area contributed by atoms with E-state index in [0.717, 1.165) is 32.4 Å². The van der Waals surface area contributed by atoms with Gasteiger partial charge in [0.15, 0.2) is 0 Å². The van der Waals surface area contributed by atoms with Gasteiger partial charge in [0.05, 0.1) is 11.0 Å². The zero-order valence-electron chi connectivity index (χ0n) is 14.9. The molecule has 1 aliphatic carbocycles. The molecule has 1 saturated carbocycles. The van der Waals surface area contributed by atoms with Crippen LogP contribution in [-0.2, 0) is 4.79 Å². The highest BCUT2D eigenvalue weighted by atomic mass is 32.1. The van der Waals surface area contributed by atoms with Crippen molar-refractivity contribution in [3.63, 3.8) is 0 Å². The summed E-state index contributed by atoms with van der Waals surface area (Å²) in [5, 5.41) is 4.28. The van der Waals surface area contributed by atoms with Crippen LogP contribution in [0.3, 0.4) is 0 Å². The van der Waals surface area contributed by atoms with Crippen molar-refractivity contribution < 1.29 is 9.59 Å². The van der Waals surface area contributed by atoms with E-state index < -0.39 is 0 Å². The van der Waals surface area contributed by atoms with Gasteiger partial charge in [-0.05, 0) is 32.1 Å². The lowest BCUT2D eigenvalue weighted by Gasteiger charge is -2.32. The predicted molar refractivity (Wildman–Crippen MR) is 96.6 cm³/mol. The van der Waals surface area contributed by atoms with Crippen molar-refractivity contribution >= 4 is 23.3 Å². The smallest absolute Gasteiger partial charge is 0.317 e. The second-order valence-electron chi connectivity index (χ2n) is 7.75. The third-order valence-corrected chi connectivity index (χ3v) is 6.80. The van der Waals surface area contributed by atoms with Gasteiger partial charge >= 0.3 is 6.03 Å². The Labute approximate surface area is 152 Å². The number of hydrogen-bond donors (Lipinski definition) is 1. The van der Waals surface area contributed by atoms with E-state index in [9.17, 15) is 9.59 Å². The monoisotopic (exact) mass is 362 g/mol. The van der Waals surface area contributed by atoms with Crippen LogP contribution in [-0.4, -0.2) is 58.4 Å². The molecule has 4 rings (SSSR count). The number of nitrogens with one attached hydrogen (secondary N) is 1. The van der Waals surface area contributed by atoms with Gasteiger partial charge in [-0.15, -0.1) is 11.3 Å². The largest absolute Gasteiger partial charge is 0.337 e. The van der Waals surface area contributed by atoms with Gasteiger partial charge < -0.3 is 15.1 Å². The molecule has 1 aromatic heterocycles. The van der Waals surface area contributed by atoms with Crippen LogP contribution in [0.5, 0.6) is 0 Å². The van der Waals surface area contributed by atoms with Gasteiger partial charge in [-0.1, -0.05) is 6.92 Å². The number of likely N-dealkylation sites (tertiary alicyclic amines) is 2. The van der Waals surface area contributed by atoms with Crippen molar-refractivity contribution in [1.82, 2.24) is 20.1 Å². The number of carbonyl (C=O) groups is 2. The van der Waals surface area contributed by atoms with Crippen molar-refractivity contribution in [1.29, 1.82) is 0 Å². The average Bonchev–Trinajstić information content (AvgIpc) is 2.98. The Balaban J connectivity index is 1.26. The molecule has 3 amide bonds. The first-order valence-corrected chi connectivity index (χ1v) is 10.1. The number of aromatic nitrogens is 1. The lowest BCUT2D eigenvalue weighted by atomic mass is 9.98. The van der Waals surface area contributed by atoms with Gasteiger partial charge in [-0.25, -0.2) is 9.78 Å². The maximum atomic E-state index is 12.5. The van der Waals surface area contributed by atoms with Gasteiger partial charge in [0.25, 0.3) is 0 Å². The number of rotatable bonds is 3. The lowest BCUT2D eigenvalue weighted by molar-refractivity contribution is -0.128. The summed E-state index contributed by atoms with van der Waals surface area (Å²) < 4.78 is 0. The Morgan fingerprint density at radius 2 is 2.08 bits per heavy atom. The molecule has 3 fully saturated rings. The molecular weight excluding hydrogens is 336 g/mol. The first kappa shape index (κ1) is 16.8. The second kappa shape index (κ2) is 6.59. The highest BCUT2D eigenvalue weighted by Crippen LogP contribution is 2.37. The Hall–Kier alpha value is -1.63. The first-order valence-electron chi connectivity index (χ1n) is 9.28. The van der Waals surface area contributed by atoms with Crippen LogP contribution in [0, 0.1) is 12.8 Å². The van der Waals surface area contributed by atoms with Gasteiger partial charge in [-0.3, -0.25) is 4.79 Å². The maximum absolute atomic E-state index is 12.5. The van der Waals surface area contributed by atoms with E-state index in [4.69, 9.17) is 0 Å². The average molecular weight is 362 g/mol. The van der Waals surface area contributed by atoms with Crippen LogP contribution in [0.2, 0.25) is 0 Å². The normalized spacial score (nSPS) is 30.0. The molecule has 2 saturated heterocycles. The quantitative estimate of drug-likeness (QED) is 0.898. The number of amides is 3. The van der Waals surface area contributed by atoms with Crippen LogP contribution < -0.4 is 5.32 Å². The number of nitrogens with zero attached hydrogens (tertiary/aromatic N) is 3. The van der Waals surface area contributed by atoms with Crippen LogP contribution in [0.1, 0.15) is 48.4 Å². The van der Waals surface area contributed by atoms with E-state index in [2.05, 4.69) is 24.1 Å². The van der Waals surface area contributed by atoms with Crippen LogP contribution in [0.4, 0.5) is 4.79 Å². The minimum absolute atomic E-state index is 0.0164. The van der Waals surface area contributed by atoms with Gasteiger partial charge in [0, 0.05) is 49.1 Å². The molecular formula is C18H26N4O2S. The zero-order chi connectivity index (χ0) is 17.6. The second-order valence-corrected chi connectivity index (χ2v) is 9.01. The summed E-state index contributed by atoms with van der Waals surface area (Å²) in [6, 6.07) is 0.358. The summed E-state index contributed by atoms with van der Waals surface area (Å²) >= 11 is 1.77. The Morgan fingerprint density at radius 3 is 2.68 bits per heavy atom. The Bertz CT molecular complexity index is 668. The molecule has 136 valence electrons. The Morgan fingerprint density at radius 1 is 1.36 bits per heavy atom. The number of aryl methyl sites for hydroxylation is 1. The van der Waals surface area contributed by atoms with Gasteiger partial charge in [0.2, 0.25) is 5.91 Å². The summed E-state index contributed by atoms with van der Waals surface area (Å²) in [5.74, 6) is 1.28. The molecule has 7 heteroatoms. The van der Waals surface area contributed by atoms with E-state index in [1.165, 1.54) is 9.88 Å². The maximum Gasteiger partial charge on any atom is 0.317 e. The van der Waals surface area contributed by atoms with Gasteiger partial charge in [0.1, 0.15) is 0 Å². The minimum Gasteiger partial charge on any atom is -0.337 e. The van der Waals surface area contributed by atoms with E-state index in [0.29, 0.717) is 30.8 Å². The third kappa shape index (κ3) is 3.52. The van der Waals surface area contributed by atoms with Crippen LogP contribution in [0.25, 0.3) is 0 Å². The first-order chi connectivity index (χ1) is 12.0. The summed E-state index contributed by atoms with van der Waals surface area (Å²) in [4.78, 5) is 34.3. The molecule has 3 atom stereocenters. The number of carbonyl (C=O) groups excluding carboxylic acids is 2. The molecule has 2 aliphatic heterocycles. The highest BCUT2D eigenvalue weighted by Gasteiger charge is 2.45. The van der Waals surface area contributed by atoms with Crippen molar-refractivity contribution in [2.75, 3.05) is 19.6 Å². The predicted octanol–water partition coefficient (Wildman–Crippen LogP) is 2.35. The molecule has 0 aromatic carbocycles. The SMILES string of the molecule is Cc1cnc(C2CCN(C(=O)NC3CC(=O)N(C4CC4C)C3)CC2)s1. The van der Waals surface area contributed by atoms with E-state index in [1.807, 2.05) is 16.0 Å². The van der Waals surface area contributed by atoms with Gasteiger partial charge in [-0.2, -0.15) is 0 Å². The lowest BCUT2D eigenvalue weighted by Crippen LogP contribution is -2.48. The topological polar surface area (TPSA) is 65.5 Å². The molecule has 3 heterocycles. The fourth-order valence-electron chi connectivity index (χ4n) is 4.04. The standard InChI is InChI=1S/C18H26N4O2S/c1-11-7-15(11)22-10-14(8-16(22)23)20-18(24)21-5-3-13(4-6-21)17-19-9-12(2)25-17/h9,11,13-15H,3-8,10H2,1-2H3,(H,20,24). The fraction of sp³-hybridized carbons (Fsp3) is 0.722. The van der Waals surface area contributed by atoms with E-state index in [-0.39, 0.29) is 18.0 Å². The van der Waals surface area contributed by atoms with Crippen LogP contribution >= 0.6 is 11.3 Å². The van der Waals surface area contributed by atoms with Crippen molar-refractivity contribution in [3.8, 4) is 0 Å². The number of hydrogen-bond acceptors (Lipinski definition) is 4. The van der Waals surface area contributed by atoms with Crippen molar-refractivity contribution in [2.24, 2.45) is 5.92 Å². The molecule has 3 aliphatic rings. The van der Waals surface area contributed by atoms with Crippen molar-refractivity contribution in [2.45, 2.75) is 57.5 Å². The number of piperidine rings is 1. The minimum atomic E-state index is -0.0351. The zero-order valence-corrected chi connectivity index (χ0v) is 15.7. The molecule has 3 unspecified atom stereocenters. The highest BCUT2D eigenvalue weighted by molar-refractivity contribution is 7.11. The summed E-state index contributed by atoms with van der Waals surface area (Å²) in [7, 11) is 0. The van der Waals surface area contributed by atoms with E-state index >= 15 is 0 Å². The Kier molecular flexibility index (Phi) is 4.43. The van der Waals surface area contributed by atoms with E-state index in [1.54, 1.807) is 11.3 Å². The third-order valence-electron chi connectivity index (χ3n) is 5.72. The van der Waals surface area contributed by atoms with Crippen LogP contribution in [0.15, 0.2) is 6.20 Å². The molecule has 1 N–H and O–H groups in total. The molecule has 6 nitrogen and oxygen atoms in total. The fourth-order valence-corrected chi connectivity index (χ4v) is 4.99. The molecule has 1 aromatic rings. The van der Waals surface area contributed by atoms with Crippen molar-refractivity contribution in [3.05, 3.63) is 16.1 Å².